The first-order valence-corrected chi connectivity index (χ1v) is 10.4. The van der Waals surface area contributed by atoms with Crippen LogP contribution in [0.4, 0.5) is 0 Å². The molecule has 1 aromatic carbocycles. The van der Waals surface area contributed by atoms with Crippen LogP contribution in [0, 0.1) is 5.41 Å². The highest BCUT2D eigenvalue weighted by Crippen LogP contribution is 2.47. The summed E-state index contributed by atoms with van der Waals surface area (Å²) >= 11 is 0. The van der Waals surface area contributed by atoms with E-state index < -0.39 is 9.84 Å². The van der Waals surface area contributed by atoms with Crippen molar-refractivity contribution in [1.82, 2.24) is 4.98 Å². The summed E-state index contributed by atoms with van der Waals surface area (Å²) in [7, 11) is -3.18. The van der Waals surface area contributed by atoms with Crippen LogP contribution in [0.1, 0.15) is 37.8 Å². The Morgan fingerprint density at radius 3 is 1.76 bits per heavy atom. The fraction of sp³-hybridized carbons (Fsp3) is 0.286. The van der Waals surface area contributed by atoms with Crippen molar-refractivity contribution in [2.45, 2.75) is 31.6 Å². The molecule has 0 amide bonds. The average molecular weight is 353 g/mol. The summed E-state index contributed by atoms with van der Waals surface area (Å²) in [5, 5.41) is 0. The van der Waals surface area contributed by atoms with Gasteiger partial charge in [-0.2, -0.15) is 0 Å². The number of pyridine rings is 1. The van der Waals surface area contributed by atoms with Gasteiger partial charge in [-0.25, -0.2) is 8.42 Å². The van der Waals surface area contributed by atoms with Crippen molar-refractivity contribution >= 4 is 21.0 Å². The second kappa shape index (κ2) is 6.60. The summed E-state index contributed by atoms with van der Waals surface area (Å²) in [4.78, 5) is 4.47. The summed E-state index contributed by atoms with van der Waals surface area (Å²) in [5.41, 5.74) is 4.58. The van der Waals surface area contributed by atoms with Gasteiger partial charge in [-0.15, -0.1) is 0 Å². The highest BCUT2D eigenvalue weighted by atomic mass is 32.2. The number of aromatic nitrogens is 1. The number of sulfone groups is 1. The Hall–Kier alpha value is -2.20. The standard InChI is InChI=1S/C21H23NO2S/c1-4-21(5-2)14-19(20(15-21)17-10-12-22-13-11-17)16-6-8-18(9-7-16)25(3,23)24/h6-15H,4-5H2,1-3H3. The van der Waals surface area contributed by atoms with Crippen molar-refractivity contribution in [1.29, 1.82) is 0 Å². The Bertz CT molecular complexity index is 920. The zero-order valence-electron chi connectivity index (χ0n) is 14.9. The van der Waals surface area contributed by atoms with E-state index in [1.165, 1.54) is 11.8 Å². The van der Waals surface area contributed by atoms with Crippen LogP contribution < -0.4 is 0 Å². The first kappa shape index (κ1) is 17.6. The maximum absolute atomic E-state index is 11.7. The highest BCUT2D eigenvalue weighted by Gasteiger charge is 2.30. The lowest BCUT2D eigenvalue weighted by Gasteiger charge is -2.20. The molecule has 0 bridgehead atoms. The van der Waals surface area contributed by atoms with Crippen LogP contribution in [0.3, 0.4) is 0 Å². The summed E-state index contributed by atoms with van der Waals surface area (Å²) in [5.74, 6) is 0. The average Bonchev–Trinajstić information content (AvgIpc) is 3.03. The summed E-state index contributed by atoms with van der Waals surface area (Å²) in [6.45, 7) is 4.41. The summed E-state index contributed by atoms with van der Waals surface area (Å²) < 4.78 is 23.4. The monoisotopic (exact) mass is 353 g/mol. The number of allylic oxidation sites excluding steroid dienone is 4. The molecule has 0 spiro atoms. The van der Waals surface area contributed by atoms with Crippen LogP contribution in [0.15, 0.2) is 65.8 Å². The minimum Gasteiger partial charge on any atom is -0.265 e. The van der Waals surface area contributed by atoms with Crippen molar-refractivity contribution in [2.75, 3.05) is 6.26 Å². The molecule has 0 N–H and O–H groups in total. The fourth-order valence-corrected chi connectivity index (χ4v) is 3.95. The molecule has 2 aromatic rings. The molecule has 0 radical (unpaired) electrons. The molecule has 0 saturated carbocycles. The van der Waals surface area contributed by atoms with Gasteiger partial charge < -0.3 is 0 Å². The summed E-state index contributed by atoms with van der Waals surface area (Å²) in [6.07, 6.45) is 11.6. The zero-order chi connectivity index (χ0) is 18.1. The van der Waals surface area contributed by atoms with Crippen molar-refractivity contribution in [3.05, 3.63) is 72.1 Å². The topological polar surface area (TPSA) is 47.0 Å². The molecule has 1 aliphatic carbocycles. The van der Waals surface area contributed by atoms with Gasteiger partial charge in [-0.3, -0.25) is 4.98 Å². The van der Waals surface area contributed by atoms with Gasteiger partial charge >= 0.3 is 0 Å². The molecule has 130 valence electrons. The second-order valence-electron chi connectivity index (χ2n) is 6.59. The Morgan fingerprint density at radius 1 is 0.840 bits per heavy atom. The van der Waals surface area contributed by atoms with E-state index in [9.17, 15) is 8.42 Å². The molecule has 0 aliphatic heterocycles. The van der Waals surface area contributed by atoms with Crippen molar-refractivity contribution in [3.8, 4) is 0 Å². The Balaban J connectivity index is 2.10. The van der Waals surface area contributed by atoms with Crippen LogP contribution in [0.5, 0.6) is 0 Å². The minimum atomic E-state index is -3.18. The lowest BCUT2D eigenvalue weighted by molar-refractivity contribution is 0.464. The molecular weight excluding hydrogens is 330 g/mol. The number of hydrogen-bond acceptors (Lipinski definition) is 3. The van der Waals surface area contributed by atoms with Crippen molar-refractivity contribution in [2.24, 2.45) is 5.41 Å². The smallest absolute Gasteiger partial charge is 0.175 e. The molecule has 1 aliphatic rings. The van der Waals surface area contributed by atoms with Gasteiger partial charge in [0.1, 0.15) is 0 Å². The lowest BCUT2D eigenvalue weighted by Crippen LogP contribution is -2.09. The van der Waals surface area contributed by atoms with E-state index in [2.05, 4.69) is 31.0 Å². The first-order valence-electron chi connectivity index (χ1n) is 8.55. The predicted octanol–water partition coefficient (Wildman–Crippen LogP) is 4.77. The Kier molecular flexibility index (Phi) is 4.65. The number of benzene rings is 1. The molecular formula is C21H23NO2S. The second-order valence-corrected chi connectivity index (χ2v) is 8.60. The molecule has 25 heavy (non-hydrogen) atoms. The number of nitrogens with zero attached hydrogens (tertiary/aromatic N) is 1. The molecule has 3 rings (SSSR count). The SMILES string of the molecule is CCC1(CC)C=C(c2ccncc2)C(c2ccc(S(C)(=O)=O)cc2)=C1. The van der Waals surface area contributed by atoms with Crippen molar-refractivity contribution < 1.29 is 8.42 Å². The van der Waals surface area contributed by atoms with Gasteiger partial charge in [0.15, 0.2) is 9.84 Å². The quantitative estimate of drug-likeness (QED) is 0.778. The maximum Gasteiger partial charge on any atom is 0.175 e. The minimum absolute atomic E-state index is 0.0451. The molecule has 3 nitrogen and oxygen atoms in total. The van der Waals surface area contributed by atoms with Crippen LogP contribution in [0.25, 0.3) is 11.1 Å². The third-order valence-electron chi connectivity index (χ3n) is 5.06. The van der Waals surface area contributed by atoms with Gasteiger partial charge in [0, 0.05) is 24.1 Å². The van der Waals surface area contributed by atoms with E-state index in [0.29, 0.717) is 4.90 Å². The Morgan fingerprint density at radius 2 is 1.32 bits per heavy atom. The zero-order valence-corrected chi connectivity index (χ0v) is 15.7. The number of hydrogen-bond donors (Lipinski definition) is 0. The van der Waals surface area contributed by atoms with E-state index in [1.807, 2.05) is 24.3 Å². The van der Waals surface area contributed by atoms with E-state index in [-0.39, 0.29) is 5.41 Å². The highest BCUT2D eigenvalue weighted by molar-refractivity contribution is 7.90. The van der Waals surface area contributed by atoms with Crippen LogP contribution in [0.2, 0.25) is 0 Å². The molecule has 0 fully saturated rings. The fourth-order valence-electron chi connectivity index (χ4n) is 3.32. The summed E-state index contributed by atoms with van der Waals surface area (Å²) in [6, 6.07) is 11.2. The maximum atomic E-state index is 11.7. The molecule has 1 heterocycles. The first-order chi connectivity index (χ1) is 11.9. The molecule has 4 heteroatoms. The normalized spacial score (nSPS) is 16.4. The molecule has 0 unspecified atom stereocenters. The van der Waals surface area contributed by atoms with E-state index in [4.69, 9.17) is 0 Å². The molecule has 0 saturated heterocycles. The van der Waals surface area contributed by atoms with Crippen LogP contribution in [-0.2, 0) is 9.84 Å². The largest absolute Gasteiger partial charge is 0.265 e. The lowest BCUT2D eigenvalue weighted by atomic mass is 9.84. The van der Waals surface area contributed by atoms with E-state index >= 15 is 0 Å². The van der Waals surface area contributed by atoms with Gasteiger partial charge in [-0.05, 0) is 59.4 Å². The third-order valence-corrected chi connectivity index (χ3v) is 6.18. The van der Waals surface area contributed by atoms with Gasteiger partial charge in [-0.1, -0.05) is 38.1 Å². The molecule has 0 atom stereocenters. The van der Waals surface area contributed by atoms with Crippen molar-refractivity contribution in [3.63, 3.8) is 0 Å². The third kappa shape index (κ3) is 3.45. The molecule has 1 aromatic heterocycles. The van der Waals surface area contributed by atoms with E-state index in [0.717, 1.165) is 29.5 Å². The van der Waals surface area contributed by atoms with Crippen LogP contribution in [-0.4, -0.2) is 19.7 Å². The van der Waals surface area contributed by atoms with Gasteiger partial charge in [0.05, 0.1) is 4.90 Å². The van der Waals surface area contributed by atoms with Gasteiger partial charge in [0.2, 0.25) is 0 Å². The predicted molar refractivity (Wildman–Crippen MR) is 103 cm³/mol. The van der Waals surface area contributed by atoms with Gasteiger partial charge in [0.25, 0.3) is 0 Å². The van der Waals surface area contributed by atoms with Crippen LogP contribution >= 0.6 is 0 Å². The Labute approximate surface area is 150 Å². The van der Waals surface area contributed by atoms with E-state index in [1.54, 1.807) is 24.5 Å². The number of rotatable bonds is 5.